The van der Waals surface area contributed by atoms with E-state index < -0.39 is 11.7 Å². The van der Waals surface area contributed by atoms with Crippen molar-refractivity contribution in [1.82, 2.24) is 4.90 Å². The summed E-state index contributed by atoms with van der Waals surface area (Å²) in [4.78, 5) is 14.4. The molecule has 5 nitrogen and oxygen atoms in total. The summed E-state index contributed by atoms with van der Waals surface area (Å²) in [6, 6.07) is 14.9. The summed E-state index contributed by atoms with van der Waals surface area (Å²) in [5.41, 5.74) is 1.65. The van der Waals surface area contributed by atoms with E-state index in [1.54, 1.807) is 18.2 Å². The maximum atomic E-state index is 12.3. The summed E-state index contributed by atoms with van der Waals surface area (Å²) in [7, 11) is 3.98. The monoisotopic (exact) mass is 398 g/mol. The molecular formula is C24H34N2O3. The number of ether oxygens (including phenoxy) is 1. The number of hydrogen-bond donors (Lipinski definition) is 2. The van der Waals surface area contributed by atoms with E-state index in [1.165, 1.54) is 5.56 Å². The molecule has 0 unspecified atom stereocenters. The van der Waals surface area contributed by atoms with E-state index in [4.69, 9.17) is 4.74 Å². The fourth-order valence-electron chi connectivity index (χ4n) is 3.57. The number of hydrogen-bond acceptors (Lipinski definition) is 4. The van der Waals surface area contributed by atoms with Gasteiger partial charge >= 0.3 is 6.09 Å². The highest BCUT2D eigenvalue weighted by atomic mass is 16.6. The molecule has 0 spiro atoms. The van der Waals surface area contributed by atoms with E-state index in [9.17, 15) is 9.90 Å². The molecule has 29 heavy (non-hydrogen) atoms. The molecule has 2 atom stereocenters. The van der Waals surface area contributed by atoms with Crippen LogP contribution in [0.4, 0.5) is 10.5 Å². The number of carbonyl (C=O) groups is 1. The van der Waals surface area contributed by atoms with Crippen LogP contribution in [0.15, 0.2) is 48.5 Å². The van der Waals surface area contributed by atoms with Crippen LogP contribution in [0, 0.1) is 5.92 Å². The van der Waals surface area contributed by atoms with E-state index in [0.717, 1.165) is 12.1 Å². The second kappa shape index (κ2) is 9.90. The standard InChI is InChI=1S/C24H34N2O3/c1-7-24(28,18(4)16-26(5)6)20-9-8-10-22(15-20)29-23(27)25-21-13-11-19(12-14-21)17(2)3/h8-15,17-18,28H,7,16H2,1-6H3,(H,25,27)/t18-,24-/m1/s1. The van der Waals surface area contributed by atoms with Gasteiger partial charge in [-0.2, -0.15) is 0 Å². The smallest absolute Gasteiger partial charge is 0.410 e. The van der Waals surface area contributed by atoms with Gasteiger partial charge in [-0.05, 0) is 61.8 Å². The van der Waals surface area contributed by atoms with E-state index >= 15 is 0 Å². The van der Waals surface area contributed by atoms with Gasteiger partial charge in [-0.25, -0.2) is 4.79 Å². The predicted molar refractivity (Wildman–Crippen MR) is 119 cm³/mol. The number of anilines is 1. The van der Waals surface area contributed by atoms with Gasteiger partial charge in [0.2, 0.25) is 0 Å². The third-order valence-electron chi connectivity index (χ3n) is 5.36. The number of nitrogens with one attached hydrogen (secondary N) is 1. The lowest BCUT2D eigenvalue weighted by atomic mass is 9.80. The number of nitrogens with zero attached hydrogens (tertiary/aromatic N) is 1. The topological polar surface area (TPSA) is 61.8 Å². The Balaban J connectivity index is 2.11. The normalized spacial score (nSPS) is 14.5. The van der Waals surface area contributed by atoms with Gasteiger partial charge in [0.15, 0.2) is 0 Å². The van der Waals surface area contributed by atoms with Gasteiger partial charge in [-0.15, -0.1) is 0 Å². The van der Waals surface area contributed by atoms with Crippen LogP contribution in [0.25, 0.3) is 0 Å². The molecule has 0 heterocycles. The van der Waals surface area contributed by atoms with Crippen molar-refractivity contribution in [1.29, 1.82) is 0 Å². The Morgan fingerprint density at radius 2 is 1.79 bits per heavy atom. The molecule has 158 valence electrons. The second-order valence-corrected chi connectivity index (χ2v) is 8.26. The number of carbonyl (C=O) groups excluding carboxylic acids is 1. The van der Waals surface area contributed by atoms with Crippen molar-refractivity contribution in [3.8, 4) is 5.75 Å². The quantitative estimate of drug-likeness (QED) is 0.640. The Hall–Kier alpha value is -2.37. The van der Waals surface area contributed by atoms with Crippen LogP contribution >= 0.6 is 0 Å². The highest BCUT2D eigenvalue weighted by molar-refractivity contribution is 5.86. The summed E-state index contributed by atoms with van der Waals surface area (Å²) >= 11 is 0. The first-order valence-corrected chi connectivity index (χ1v) is 10.2. The summed E-state index contributed by atoms with van der Waals surface area (Å²) in [6.45, 7) is 9.00. The summed E-state index contributed by atoms with van der Waals surface area (Å²) in [6.07, 6.45) is 0.0145. The molecule has 2 rings (SSSR count). The molecule has 0 aromatic heterocycles. The Bertz CT molecular complexity index is 802. The fourth-order valence-corrected chi connectivity index (χ4v) is 3.57. The summed E-state index contributed by atoms with van der Waals surface area (Å²) in [5, 5.41) is 14.0. The molecule has 0 bridgehead atoms. The lowest BCUT2D eigenvalue weighted by molar-refractivity contribution is -0.0293. The van der Waals surface area contributed by atoms with Gasteiger partial charge in [0.05, 0.1) is 5.60 Å². The third kappa shape index (κ3) is 6.05. The first kappa shape index (κ1) is 22.9. The Morgan fingerprint density at radius 1 is 1.14 bits per heavy atom. The van der Waals surface area contributed by atoms with Crippen molar-refractivity contribution in [2.75, 3.05) is 26.0 Å². The van der Waals surface area contributed by atoms with E-state index in [0.29, 0.717) is 23.8 Å². The average Bonchev–Trinajstić information content (AvgIpc) is 2.67. The Kier molecular flexibility index (Phi) is 7.82. The fraction of sp³-hybridized carbons (Fsp3) is 0.458. The largest absolute Gasteiger partial charge is 0.417 e. The van der Waals surface area contributed by atoms with Crippen LogP contribution in [-0.2, 0) is 5.60 Å². The molecule has 1 amide bonds. The second-order valence-electron chi connectivity index (χ2n) is 8.26. The van der Waals surface area contributed by atoms with Crippen LogP contribution in [0.3, 0.4) is 0 Å². The molecule has 2 aromatic carbocycles. The molecular weight excluding hydrogens is 364 g/mol. The molecule has 0 radical (unpaired) electrons. The van der Waals surface area contributed by atoms with Gasteiger partial charge in [0, 0.05) is 18.2 Å². The number of rotatable bonds is 8. The molecule has 2 N–H and O–H groups in total. The predicted octanol–water partition coefficient (Wildman–Crippen LogP) is 5.22. The molecule has 0 aliphatic carbocycles. The van der Waals surface area contributed by atoms with Gasteiger partial charge in [0.1, 0.15) is 5.75 Å². The lowest BCUT2D eigenvalue weighted by Crippen LogP contribution is -2.38. The number of benzene rings is 2. The minimum atomic E-state index is -0.993. The molecule has 0 saturated carbocycles. The van der Waals surface area contributed by atoms with Gasteiger partial charge in [-0.3, -0.25) is 5.32 Å². The van der Waals surface area contributed by atoms with E-state index in [2.05, 4.69) is 24.1 Å². The molecule has 0 aliphatic heterocycles. The maximum absolute atomic E-state index is 12.3. The highest BCUT2D eigenvalue weighted by Gasteiger charge is 2.34. The van der Waals surface area contributed by atoms with Crippen molar-refractivity contribution in [3.63, 3.8) is 0 Å². The summed E-state index contributed by atoms with van der Waals surface area (Å²) < 4.78 is 5.47. The maximum Gasteiger partial charge on any atom is 0.417 e. The Morgan fingerprint density at radius 3 is 2.34 bits per heavy atom. The summed E-state index contributed by atoms with van der Waals surface area (Å²) in [5.74, 6) is 0.861. The highest BCUT2D eigenvalue weighted by Crippen LogP contribution is 2.35. The van der Waals surface area contributed by atoms with Crippen molar-refractivity contribution in [2.45, 2.75) is 45.6 Å². The first-order chi connectivity index (χ1) is 13.7. The first-order valence-electron chi connectivity index (χ1n) is 10.2. The van der Waals surface area contributed by atoms with Crippen LogP contribution in [0.1, 0.15) is 51.2 Å². The molecule has 0 fully saturated rings. The number of amides is 1. The minimum Gasteiger partial charge on any atom is -0.410 e. The van der Waals surface area contributed by atoms with E-state index in [-0.39, 0.29) is 5.92 Å². The third-order valence-corrected chi connectivity index (χ3v) is 5.36. The number of aliphatic hydroxyl groups is 1. The van der Waals surface area contributed by atoms with Crippen molar-refractivity contribution >= 4 is 11.8 Å². The van der Waals surface area contributed by atoms with Crippen molar-refractivity contribution in [2.24, 2.45) is 5.92 Å². The molecule has 5 heteroatoms. The van der Waals surface area contributed by atoms with Crippen LogP contribution < -0.4 is 10.1 Å². The molecule has 0 aliphatic rings. The van der Waals surface area contributed by atoms with Gasteiger partial charge in [-0.1, -0.05) is 52.0 Å². The van der Waals surface area contributed by atoms with Crippen LogP contribution in [-0.4, -0.2) is 36.7 Å². The zero-order valence-electron chi connectivity index (χ0n) is 18.4. The van der Waals surface area contributed by atoms with Crippen molar-refractivity contribution in [3.05, 3.63) is 59.7 Å². The van der Waals surface area contributed by atoms with Gasteiger partial charge < -0.3 is 14.7 Å². The van der Waals surface area contributed by atoms with E-state index in [1.807, 2.05) is 58.3 Å². The SMILES string of the molecule is CC[C@](O)(c1cccc(OC(=O)Nc2ccc(C(C)C)cc2)c1)[C@H](C)CN(C)C. The molecule has 2 aromatic rings. The minimum absolute atomic E-state index is 0.0195. The van der Waals surface area contributed by atoms with Crippen LogP contribution in [0.2, 0.25) is 0 Å². The average molecular weight is 399 g/mol. The van der Waals surface area contributed by atoms with Crippen LogP contribution in [0.5, 0.6) is 5.75 Å². The zero-order chi connectivity index (χ0) is 21.6. The lowest BCUT2D eigenvalue weighted by Gasteiger charge is -2.35. The zero-order valence-corrected chi connectivity index (χ0v) is 18.4. The molecule has 0 saturated heterocycles. The Labute approximate surface area is 174 Å². The van der Waals surface area contributed by atoms with Gasteiger partial charge in [0.25, 0.3) is 0 Å². The van der Waals surface area contributed by atoms with Crippen molar-refractivity contribution < 1.29 is 14.6 Å².